The SMILES string of the molecule is CN(C(=O)Nc1cc(C(=O)O)ccc1F)C1CCCC1. The number of nitrogens with one attached hydrogen (secondary N) is 1. The molecule has 1 fully saturated rings. The number of hydrogen-bond donors (Lipinski definition) is 2. The molecule has 5 nitrogen and oxygen atoms in total. The predicted molar refractivity (Wildman–Crippen MR) is 72.4 cm³/mol. The maximum absolute atomic E-state index is 13.6. The number of carboxylic acid groups (broad SMARTS) is 1. The lowest BCUT2D eigenvalue weighted by Gasteiger charge is -2.24. The first kappa shape index (κ1) is 14.3. The lowest BCUT2D eigenvalue weighted by atomic mass is 10.2. The summed E-state index contributed by atoms with van der Waals surface area (Å²) in [6, 6.07) is 3.07. The molecule has 2 N–H and O–H groups in total. The van der Waals surface area contributed by atoms with Gasteiger partial charge in [0.05, 0.1) is 11.3 Å². The summed E-state index contributed by atoms with van der Waals surface area (Å²) in [5.74, 6) is -1.81. The quantitative estimate of drug-likeness (QED) is 0.894. The summed E-state index contributed by atoms with van der Waals surface area (Å²) in [5.41, 5.74) is -0.176. The van der Waals surface area contributed by atoms with E-state index in [1.807, 2.05) is 0 Å². The highest BCUT2D eigenvalue weighted by Crippen LogP contribution is 2.23. The van der Waals surface area contributed by atoms with Crippen molar-refractivity contribution < 1.29 is 19.1 Å². The molecule has 0 spiro atoms. The predicted octanol–water partition coefficient (Wildman–Crippen LogP) is 2.93. The van der Waals surface area contributed by atoms with E-state index in [-0.39, 0.29) is 17.3 Å². The van der Waals surface area contributed by atoms with Gasteiger partial charge in [0, 0.05) is 13.1 Å². The van der Waals surface area contributed by atoms with Crippen molar-refractivity contribution >= 4 is 17.7 Å². The Hall–Kier alpha value is -2.11. The number of nitrogens with zero attached hydrogens (tertiary/aromatic N) is 1. The van der Waals surface area contributed by atoms with Crippen LogP contribution in [0.4, 0.5) is 14.9 Å². The first-order valence-electron chi connectivity index (χ1n) is 6.55. The van der Waals surface area contributed by atoms with Gasteiger partial charge < -0.3 is 15.3 Å². The normalized spacial score (nSPS) is 15.1. The second-order valence-electron chi connectivity index (χ2n) is 4.98. The third kappa shape index (κ3) is 3.07. The number of halogens is 1. The number of carbonyl (C=O) groups is 2. The van der Waals surface area contributed by atoms with Crippen LogP contribution in [-0.4, -0.2) is 35.1 Å². The third-order valence-corrected chi connectivity index (χ3v) is 3.65. The Balaban J connectivity index is 2.10. The second-order valence-corrected chi connectivity index (χ2v) is 4.98. The Morgan fingerprint density at radius 2 is 2.00 bits per heavy atom. The number of hydrogen-bond acceptors (Lipinski definition) is 2. The molecule has 0 bridgehead atoms. The van der Waals surface area contributed by atoms with Crippen molar-refractivity contribution in [3.8, 4) is 0 Å². The van der Waals surface area contributed by atoms with Crippen LogP contribution in [-0.2, 0) is 0 Å². The summed E-state index contributed by atoms with van der Waals surface area (Å²) in [4.78, 5) is 24.4. The van der Waals surface area contributed by atoms with Gasteiger partial charge in [0.1, 0.15) is 5.82 Å². The minimum Gasteiger partial charge on any atom is -0.478 e. The van der Waals surface area contributed by atoms with Crippen molar-refractivity contribution in [2.45, 2.75) is 31.7 Å². The maximum Gasteiger partial charge on any atom is 0.335 e. The smallest absolute Gasteiger partial charge is 0.335 e. The average Bonchev–Trinajstić information content (AvgIpc) is 2.94. The van der Waals surface area contributed by atoms with E-state index < -0.39 is 17.8 Å². The summed E-state index contributed by atoms with van der Waals surface area (Å²) in [7, 11) is 1.67. The Morgan fingerprint density at radius 3 is 2.60 bits per heavy atom. The van der Waals surface area contributed by atoms with E-state index in [0.29, 0.717) is 0 Å². The number of anilines is 1. The monoisotopic (exact) mass is 280 g/mol. The molecule has 1 aliphatic rings. The summed E-state index contributed by atoms with van der Waals surface area (Å²) in [6.45, 7) is 0. The van der Waals surface area contributed by atoms with Gasteiger partial charge >= 0.3 is 12.0 Å². The molecular formula is C14H17FN2O3. The molecule has 0 saturated heterocycles. The molecule has 0 aliphatic heterocycles. The zero-order valence-corrected chi connectivity index (χ0v) is 11.2. The van der Waals surface area contributed by atoms with Crippen molar-refractivity contribution in [1.29, 1.82) is 0 Å². The van der Waals surface area contributed by atoms with Crippen LogP contribution in [0.3, 0.4) is 0 Å². The van der Waals surface area contributed by atoms with Crippen LogP contribution in [0.2, 0.25) is 0 Å². The molecule has 0 radical (unpaired) electrons. The number of benzene rings is 1. The molecule has 0 heterocycles. The highest BCUT2D eigenvalue weighted by molar-refractivity contribution is 5.93. The fourth-order valence-electron chi connectivity index (χ4n) is 2.41. The molecule has 1 saturated carbocycles. The number of urea groups is 1. The Bertz CT molecular complexity index is 527. The van der Waals surface area contributed by atoms with Gasteiger partial charge in [-0.05, 0) is 31.0 Å². The van der Waals surface area contributed by atoms with Crippen molar-refractivity contribution in [2.24, 2.45) is 0 Å². The molecule has 0 atom stereocenters. The molecule has 6 heteroatoms. The molecule has 2 rings (SSSR count). The highest BCUT2D eigenvalue weighted by Gasteiger charge is 2.24. The topological polar surface area (TPSA) is 69.6 Å². The van der Waals surface area contributed by atoms with Gasteiger partial charge in [-0.15, -0.1) is 0 Å². The number of amides is 2. The van der Waals surface area contributed by atoms with Crippen LogP contribution < -0.4 is 5.32 Å². The zero-order chi connectivity index (χ0) is 14.7. The first-order chi connectivity index (χ1) is 9.49. The van der Waals surface area contributed by atoms with Crippen molar-refractivity contribution in [3.05, 3.63) is 29.6 Å². The van der Waals surface area contributed by atoms with Gasteiger partial charge in [0.2, 0.25) is 0 Å². The van der Waals surface area contributed by atoms with E-state index in [9.17, 15) is 14.0 Å². The lowest BCUT2D eigenvalue weighted by Crippen LogP contribution is -2.38. The van der Waals surface area contributed by atoms with Crippen molar-refractivity contribution in [3.63, 3.8) is 0 Å². The molecule has 0 aromatic heterocycles. The Morgan fingerprint density at radius 1 is 1.35 bits per heavy atom. The minimum atomic E-state index is -1.16. The van der Waals surface area contributed by atoms with Crippen LogP contribution in [0, 0.1) is 5.82 Å². The van der Waals surface area contributed by atoms with E-state index in [2.05, 4.69) is 5.32 Å². The fourth-order valence-corrected chi connectivity index (χ4v) is 2.41. The van der Waals surface area contributed by atoms with Crippen LogP contribution in [0.25, 0.3) is 0 Å². The van der Waals surface area contributed by atoms with Crippen LogP contribution in [0.15, 0.2) is 18.2 Å². The molecular weight excluding hydrogens is 263 g/mol. The summed E-state index contributed by atoms with van der Waals surface area (Å²) in [6.07, 6.45) is 4.07. The number of aromatic carboxylic acids is 1. The molecule has 0 unspecified atom stereocenters. The van der Waals surface area contributed by atoms with Crippen molar-refractivity contribution in [1.82, 2.24) is 4.90 Å². The van der Waals surface area contributed by atoms with E-state index >= 15 is 0 Å². The van der Waals surface area contributed by atoms with E-state index in [4.69, 9.17) is 5.11 Å². The first-order valence-corrected chi connectivity index (χ1v) is 6.55. The Labute approximate surface area is 116 Å². The van der Waals surface area contributed by atoms with Gasteiger partial charge in [0.25, 0.3) is 0 Å². The van der Waals surface area contributed by atoms with Crippen LogP contribution in [0.5, 0.6) is 0 Å². The maximum atomic E-state index is 13.6. The fraction of sp³-hybridized carbons (Fsp3) is 0.429. The van der Waals surface area contributed by atoms with Crippen LogP contribution in [0.1, 0.15) is 36.0 Å². The summed E-state index contributed by atoms with van der Waals surface area (Å²) in [5, 5.41) is 11.3. The molecule has 1 aliphatic carbocycles. The minimum absolute atomic E-state index is 0.0646. The van der Waals surface area contributed by atoms with Gasteiger partial charge in [0.15, 0.2) is 0 Å². The number of rotatable bonds is 3. The number of carboxylic acids is 1. The van der Waals surface area contributed by atoms with E-state index in [1.165, 1.54) is 0 Å². The van der Waals surface area contributed by atoms with Crippen molar-refractivity contribution in [2.75, 3.05) is 12.4 Å². The van der Waals surface area contributed by atoms with Gasteiger partial charge in [-0.1, -0.05) is 12.8 Å². The largest absolute Gasteiger partial charge is 0.478 e. The zero-order valence-electron chi connectivity index (χ0n) is 11.2. The van der Waals surface area contributed by atoms with Gasteiger partial charge in [-0.3, -0.25) is 0 Å². The number of carbonyl (C=O) groups excluding carboxylic acids is 1. The summed E-state index contributed by atoms with van der Waals surface area (Å²) < 4.78 is 13.6. The molecule has 20 heavy (non-hydrogen) atoms. The molecule has 108 valence electrons. The van der Waals surface area contributed by atoms with Crippen LogP contribution >= 0.6 is 0 Å². The average molecular weight is 280 g/mol. The molecule has 2 amide bonds. The van der Waals surface area contributed by atoms with E-state index in [1.54, 1.807) is 11.9 Å². The van der Waals surface area contributed by atoms with Gasteiger partial charge in [-0.2, -0.15) is 0 Å². The Kier molecular flexibility index (Phi) is 4.22. The standard InChI is InChI=1S/C14H17FN2O3/c1-17(10-4-2-3-5-10)14(20)16-12-8-9(13(18)19)6-7-11(12)15/h6-8,10H,2-5H2,1H3,(H,16,20)(H,18,19). The third-order valence-electron chi connectivity index (χ3n) is 3.65. The molecule has 1 aromatic rings. The van der Waals surface area contributed by atoms with Gasteiger partial charge in [-0.25, -0.2) is 14.0 Å². The second kappa shape index (κ2) is 5.90. The van der Waals surface area contributed by atoms with E-state index in [0.717, 1.165) is 43.9 Å². The molecule has 1 aromatic carbocycles. The highest BCUT2D eigenvalue weighted by atomic mass is 19.1. The summed E-state index contributed by atoms with van der Waals surface area (Å²) >= 11 is 0. The lowest BCUT2D eigenvalue weighted by molar-refractivity contribution is 0.0697.